The Morgan fingerprint density at radius 1 is 0.688 bits per heavy atom. The Labute approximate surface area is 92.5 Å². The number of benzene rings is 1. The molecule has 1 unspecified atom stereocenters. The molecular weight excluding hydrogens is 262 g/mol. The van der Waals surface area contributed by atoms with Gasteiger partial charge < -0.3 is 0 Å². The van der Waals surface area contributed by atoms with Crippen LogP contribution in [-0.4, -0.2) is 7.74 Å². The fraction of sp³-hybridized carbons (Fsp3) is 0.333. The van der Waals surface area contributed by atoms with E-state index in [1.807, 2.05) is 0 Å². The first-order valence-corrected chi connectivity index (χ1v) is 9.94. The lowest BCUT2D eigenvalue weighted by molar-refractivity contribution is 0.384. The van der Waals surface area contributed by atoms with Gasteiger partial charge in [0.25, 0.3) is 0 Å². The average molecular weight is 272 g/mol. The maximum atomic E-state index is 13.2. The van der Waals surface area contributed by atoms with Crippen LogP contribution in [0, 0.1) is 29.1 Å². The Bertz CT molecular complexity index is 398. The van der Waals surface area contributed by atoms with E-state index >= 15 is 0 Å². The summed E-state index contributed by atoms with van der Waals surface area (Å²) in [5, 5.41) is -0.671. The normalized spacial score (nSPS) is 12.8. The van der Waals surface area contributed by atoms with Gasteiger partial charge >= 0.3 is 0 Å². The highest BCUT2D eigenvalue weighted by Crippen LogP contribution is 2.30. The van der Waals surface area contributed by atoms with Gasteiger partial charge in [0.05, 0.1) is 7.74 Å². The van der Waals surface area contributed by atoms with Crippen LogP contribution in [-0.2, 0) is 0 Å². The molecule has 0 aliphatic heterocycles. The highest BCUT2D eigenvalue weighted by Gasteiger charge is 2.28. The van der Waals surface area contributed by atoms with Gasteiger partial charge in [-0.05, 0) is 0 Å². The van der Waals surface area contributed by atoms with Gasteiger partial charge in [-0.25, -0.2) is 22.0 Å². The molecule has 0 N–H and O–H groups in total. The van der Waals surface area contributed by atoms with Crippen LogP contribution < -0.4 is 5.30 Å². The molecule has 0 amide bonds. The standard InChI is InChI=1S/C9H10F5PSi/c1-16(2,3)15-9-7(13)5(11)4(10)6(12)8(9)14/h15H,1-3H3. The van der Waals surface area contributed by atoms with Crippen LogP contribution in [0.15, 0.2) is 0 Å². The van der Waals surface area contributed by atoms with E-state index in [1.54, 1.807) is 19.6 Å². The molecule has 0 spiro atoms. The van der Waals surface area contributed by atoms with Crippen molar-refractivity contribution in [3.63, 3.8) is 0 Å². The molecule has 0 radical (unpaired) electrons. The zero-order valence-electron chi connectivity index (χ0n) is 8.89. The number of halogens is 5. The zero-order valence-corrected chi connectivity index (χ0v) is 10.9. The molecule has 0 heterocycles. The fourth-order valence-electron chi connectivity index (χ4n) is 1.09. The molecular formula is C9H10F5PSi. The molecule has 0 aromatic heterocycles. The monoisotopic (exact) mass is 272 g/mol. The molecule has 0 nitrogen and oxygen atoms in total. The first kappa shape index (κ1) is 13.6. The predicted octanol–water partition coefficient (Wildman–Crippen LogP) is 3.52. The van der Waals surface area contributed by atoms with Crippen LogP contribution in [0.4, 0.5) is 22.0 Å². The summed E-state index contributed by atoms with van der Waals surface area (Å²) in [6.07, 6.45) is 0. The van der Waals surface area contributed by atoms with E-state index in [9.17, 15) is 22.0 Å². The smallest absolute Gasteiger partial charge is 0.200 e. The Balaban J connectivity index is 3.40. The van der Waals surface area contributed by atoms with Gasteiger partial charge in [-0.3, -0.25) is 0 Å². The predicted molar refractivity (Wildman–Crippen MR) is 57.5 cm³/mol. The van der Waals surface area contributed by atoms with Crippen LogP contribution in [0.1, 0.15) is 0 Å². The van der Waals surface area contributed by atoms with E-state index in [0.717, 1.165) is 0 Å². The molecule has 0 aliphatic rings. The SMILES string of the molecule is C[Si](C)(C)Pc1c(F)c(F)c(F)c(F)c1F. The molecule has 0 fully saturated rings. The number of hydrogen-bond donors (Lipinski definition) is 0. The van der Waals surface area contributed by atoms with Crippen LogP contribution in [0.2, 0.25) is 19.6 Å². The van der Waals surface area contributed by atoms with Crippen LogP contribution in [0.25, 0.3) is 0 Å². The van der Waals surface area contributed by atoms with Gasteiger partial charge in [-0.15, -0.1) is 0 Å². The first-order chi connectivity index (χ1) is 7.15. The summed E-state index contributed by atoms with van der Waals surface area (Å²) in [4.78, 5) is 0. The summed E-state index contributed by atoms with van der Waals surface area (Å²) < 4.78 is 64.9. The van der Waals surface area contributed by atoms with Crippen molar-refractivity contribution >= 4 is 21.2 Å². The summed E-state index contributed by atoms with van der Waals surface area (Å²) in [5.41, 5.74) is 0. The Morgan fingerprint density at radius 2 is 1.00 bits per heavy atom. The lowest BCUT2D eigenvalue weighted by atomic mass is 10.3. The third kappa shape index (κ3) is 2.60. The van der Waals surface area contributed by atoms with Crippen molar-refractivity contribution in [3.05, 3.63) is 29.1 Å². The molecule has 0 bridgehead atoms. The van der Waals surface area contributed by atoms with Crippen molar-refractivity contribution in [2.45, 2.75) is 19.6 Å². The van der Waals surface area contributed by atoms with Crippen molar-refractivity contribution < 1.29 is 22.0 Å². The second-order valence-electron chi connectivity index (χ2n) is 4.32. The van der Waals surface area contributed by atoms with Gasteiger partial charge in [0.1, 0.15) is 0 Å². The van der Waals surface area contributed by atoms with Crippen molar-refractivity contribution in [3.8, 4) is 0 Å². The highest BCUT2D eigenvalue weighted by atomic mass is 31.3. The van der Waals surface area contributed by atoms with E-state index in [0.29, 0.717) is 0 Å². The minimum Gasteiger partial charge on any atom is -0.203 e. The summed E-state index contributed by atoms with van der Waals surface area (Å²) in [6, 6.07) is 0. The summed E-state index contributed by atoms with van der Waals surface area (Å²) >= 11 is 0. The molecule has 1 rings (SSSR count). The molecule has 1 atom stereocenters. The third-order valence-corrected chi connectivity index (χ3v) is 6.15. The quantitative estimate of drug-likeness (QED) is 0.254. The van der Waals surface area contributed by atoms with E-state index in [-0.39, 0.29) is 8.13 Å². The minimum atomic E-state index is -2.10. The highest BCUT2D eigenvalue weighted by molar-refractivity contribution is 7.86. The van der Waals surface area contributed by atoms with Gasteiger partial charge in [-0.2, -0.15) is 0 Å². The zero-order chi connectivity index (χ0) is 12.7. The van der Waals surface area contributed by atoms with Gasteiger partial charge in [-0.1, -0.05) is 27.8 Å². The van der Waals surface area contributed by atoms with Gasteiger partial charge in [0.2, 0.25) is 5.82 Å². The molecule has 1 aromatic carbocycles. The number of rotatable bonds is 2. The van der Waals surface area contributed by atoms with Gasteiger partial charge in [0.15, 0.2) is 23.3 Å². The van der Waals surface area contributed by atoms with Crippen LogP contribution in [0.5, 0.6) is 0 Å². The van der Waals surface area contributed by atoms with Crippen molar-refractivity contribution in [2.75, 3.05) is 0 Å². The Kier molecular flexibility index (Phi) is 3.75. The number of hydrogen-bond acceptors (Lipinski definition) is 0. The summed E-state index contributed by atoms with van der Waals surface area (Å²) in [6.45, 7) is 5.39. The fourth-order valence-corrected chi connectivity index (χ4v) is 5.19. The Hall–Kier alpha value is -0.483. The van der Waals surface area contributed by atoms with Crippen LogP contribution in [0.3, 0.4) is 0 Å². The first-order valence-electron chi connectivity index (χ1n) is 4.44. The summed E-state index contributed by atoms with van der Waals surface area (Å²) in [5.74, 6) is -9.22. The average Bonchev–Trinajstić information content (AvgIpc) is 2.17. The summed E-state index contributed by atoms with van der Waals surface area (Å²) in [7, 11) is -2.29. The van der Waals surface area contributed by atoms with E-state index in [1.165, 1.54) is 0 Å². The maximum Gasteiger partial charge on any atom is 0.200 e. The van der Waals surface area contributed by atoms with E-state index in [4.69, 9.17) is 0 Å². The van der Waals surface area contributed by atoms with Crippen molar-refractivity contribution in [1.82, 2.24) is 0 Å². The lowest BCUT2D eigenvalue weighted by Gasteiger charge is -2.17. The van der Waals surface area contributed by atoms with E-state index in [2.05, 4.69) is 0 Å². The van der Waals surface area contributed by atoms with E-state index < -0.39 is 42.1 Å². The lowest BCUT2D eigenvalue weighted by Crippen LogP contribution is -2.24. The molecule has 0 saturated heterocycles. The topological polar surface area (TPSA) is 0 Å². The third-order valence-electron chi connectivity index (χ3n) is 1.71. The largest absolute Gasteiger partial charge is 0.203 e. The molecule has 1 aromatic rings. The van der Waals surface area contributed by atoms with Gasteiger partial charge in [0, 0.05) is 5.30 Å². The van der Waals surface area contributed by atoms with Crippen molar-refractivity contribution in [2.24, 2.45) is 0 Å². The second-order valence-corrected chi connectivity index (χ2v) is 14.8. The molecule has 0 aliphatic carbocycles. The molecule has 16 heavy (non-hydrogen) atoms. The molecule has 7 heteroatoms. The Morgan fingerprint density at radius 3 is 1.31 bits per heavy atom. The second kappa shape index (κ2) is 4.41. The maximum absolute atomic E-state index is 13.2. The minimum absolute atomic E-state index is 0.357. The van der Waals surface area contributed by atoms with Crippen molar-refractivity contribution in [1.29, 1.82) is 0 Å². The molecule has 90 valence electrons. The van der Waals surface area contributed by atoms with Crippen LogP contribution >= 0.6 is 8.13 Å². The molecule has 0 saturated carbocycles.